The van der Waals surface area contributed by atoms with E-state index in [0.29, 0.717) is 17.9 Å². The maximum atomic E-state index is 12.3. The van der Waals surface area contributed by atoms with Crippen LogP contribution in [-0.2, 0) is 0 Å². The molecule has 112 valence electrons. The summed E-state index contributed by atoms with van der Waals surface area (Å²) >= 11 is 0. The maximum Gasteiger partial charge on any atom is 0.251 e. The molecule has 0 radical (unpaired) electrons. The number of hydrogen-bond donors (Lipinski definition) is 2. The third kappa shape index (κ3) is 4.23. The summed E-state index contributed by atoms with van der Waals surface area (Å²) in [5.74, 6) is 0.458. The second-order valence-corrected chi connectivity index (χ2v) is 6.01. The highest BCUT2D eigenvalue weighted by Gasteiger charge is 2.36. The number of hydrogen-bond acceptors (Lipinski definition) is 3. The molecule has 0 aliphatic heterocycles. The molecule has 0 unspecified atom stereocenters. The van der Waals surface area contributed by atoms with Crippen LogP contribution >= 0.6 is 0 Å². The normalized spacial score (nSPS) is 12.1. The summed E-state index contributed by atoms with van der Waals surface area (Å²) in [5.41, 5.74) is -1.22. The molecule has 4 heteroatoms. The van der Waals surface area contributed by atoms with Gasteiger partial charge in [0, 0.05) is 5.56 Å². The lowest BCUT2D eigenvalue weighted by molar-refractivity contribution is -0.00293. The van der Waals surface area contributed by atoms with Crippen LogP contribution in [0.5, 0.6) is 5.75 Å². The van der Waals surface area contributed by atoms with Crippen LogP contribution in [0.15, 0.2) is 24.3 Å². The number of amides is 1. The molecule has 0 aliphatic rings. The number of benzene rings is 1. The zero-order valence-corrected chi connectivity index (χ0v) is 13.0. The van der Waals surface area contributed by atoms with Crippen LogP contribution in [0.1, 0.15) is 51.4 Å². The zero-order chi connectivity index (χ0) is 15.4. The summed E-state index contributed by atoms with van der Waals surface area (Å²) in [6, 6.07) is 7.06. The van der Waals surface area contributed by atoms with Crippen molar-refractivity contribution in [2.45, 2.75) is 52.2 Å². The Morgan fingerprint density at radius 3 is 2.50 bits per heavy atom. The van der Waals surface area contributed by atoms with Gasteiger partial charge in [0.25, 0.3) is 5.91 Å². The van der Waals surface area contributed by atoms with Crippen LogP contribution in [-0.4, -0.2) is 28.8 Å². The molecule has 0 atom stereocenters. The standard InChI is InChI=1S/C16H25NO3/c1-6-10-20-13-9-7-8-12(11-13)14(18)17-15(2,3)16(4,5)19/h7-9,11,19H,6,10H2,1-5H3,(H,17,18). The van der Waals surface area contributed by atoms with E-state index in [1.807, 2.05) is 13.0 Å². The molecule has 0 bridgehead atoms. The van der Waals surface area contributed by atoms with Gasteiger partial charge in [0.05, 0.1) is 17.7 Å². The number of carbonyl (C=O) groups is 1. The molecule has 20 heavy (non-hydrogen) atoms. The summed E-state index contributed by atoms with van der Waals surface area (Å²) in [7, 11) is 0. The number of aliphatic hydroxyl groups is 1. The molecule has 1 amide bonds. The third-order valence-corrected chi connectivity index (χ3v) is 3.52. The highest BCUT2D eigenvalue weighted by atomic mass is 16.5. The lowest BCUT2D eigenvalue weighted by Crippen LogP contribution is -2.57. The van der Waals surface area contributed by atoms with Crippen LogP contribution in [0.2, 0.25) is 0 Å². The van der Waals surface area contributed by atoms with Gasteiger partial charge in [-0.2, -0.15) is 0 Å². The van der Waals surface area contributed by atoms with Crippen molar-refractivity contribution < 1.29 is 14.6 Å². The first-order valence-corrected chi connectivity index (χ1v) is 6.95. The monoisotopic (exact) mass is 279 g/mol. The fourth-order valence-electron chi connectivity index (χ4n) is 1.46. The van der Waals surface area contributed by atoms with Crippen LogP contribution in [0.25, 0.3) is 0 Å². The molecule has 0 saturated carbocycles. The molecule has 1 aromatic rings. The molecule has 0 spiro atoms. The van der Waals surface area contributed by atoms with Crippen molar-refractivity contribution in [3.8, 4) is 5.75 Å². The first-order valence-electron chi connectivity index (χ1n) is 6.95. The Hall–Kier alpha value is -1.55. The van der Waals surface area contributed by atoms with Gasteiger partial charge in [-0.15, -0.1) is 0 Å². The van der Waals surface area contributed by atoms with Crippen LogP contribution in [0.3, 0.4) is 0 Å². The van der Waals surface area contributed by atoms with Gasteiger partial charge in [0.1, 0.15) is 5.75 Å². The average molecular weight is 279 g/mol. The van der Waals surface area contributed by atoms with Gasteiger partial charge in [-0.25, -0.2) is 0 Å². The Morgan fingerprint density at radius 2 is 1.95 bits per heavy atom. The zero-order valence-electron chi connectivity index (χ0n) is 13.0. The van der Waals surface area contributed by atoms with E-state index in [1.54, 1.807) is 45.9 Å². The molecule has 0 heterocycles. The molecule has 1 aromatic carbocycles. The summed E-state index contributed by atoms with van der Waals surface area (Å²) in [5, 5.41) is 12.9. The van der Waals surface area contributed by atoms with Crippen molar-refractivity contribution in [1.82, 2.24) is 5.32 Å². The predicted molar refractivity (Wildman–Crippen MR) is 80.1 cm³/mol. The fourth-order valence-corrected chi connectivity index (χ4v) is 1.46. The van der Waals surface area contributed by atoms with Gasteiger partial charge in [0.2, 0.25) is 0 Å². The van der Waals surface area contributed by atoms with Crippen molar-refractivity contribution in [3.63, 3.8) is 0 Å². The number of carbonyl (C=O) groups excluding carboxylic acids is 1. The number of ether oxygens (including phenoxy) is 1. The van der Waals surface area contributed by atoms with E-state index in [4.69, 9.17) is 4.74 Å². The quantitative estimate of drug-likeness (QED) is 0.842. The average Bonchev–Trinajstić information content (AvgIpc) is 2.35. The Labute approximate surface area is 121 Å². The molecule has 1 rings (SSSR count). The molecule has 0 aromatic heterocycles. The summed E-state index contributed by atoms with van der Waals surface area (Å²) in [6.45, 7) is 9.59. The summed E-state index contributed by atoms with van der Waals surface area (Å²) in [4.78, 5) is 12.3. The van der Waals surface area contributed by atoms with Gasteiger partial charge >= 0.3 is 0 Å². The molecular weight excluding hydrogens is 254 g/mol. The third-order valence-electron chi connectivity index (χ3n) is 3.52. The van der Waals surface area contributed by atoms with E-state index >= 15 is 0 Å². The van der Waals surface area contributed by atoms with E-state index in [-0.39, 0.29) is 5.91 Å². The van der Waals surface area contributed by atoms with E-state index in [0.717, 1.165) is 6.42 Å². The van der Waals surface area contributed by atoms with Gasteiger partial charge in [-0.05, 0) is 52.3 Å². The molecule has 2 N–H and O–H groups in total. The summed E-state index contributed by atoms with van der Waals surface area (Å²) < 4.78 is 5.51. The minimum Gasteiger partial charge on any atom is -0.494 e. The van der Waals surface area contributed by atoms with Gasteiger partial charge < -0.3 is 15.2 Å². The molecular formula is C16H25NO3. The first-order chi connectivity index (χ1) is 9.17. The Bertz CT molecular complexity index is 461. The van der Waals surface area contributed by atoms with Gasteiger partial charge in [0.15, 0.2) is 0 Å². The van der Waals surface area contributed by atoms with Crippen molar-refractivity contribution >= 4 is 5.91 Å². The SMILES string of the molecule is CCCOc1cccc(C(=O)NC(C)(C)C(C)(C)O)c1. The Morgan fingerprint density at radius 1 is 1.30 bits per heavy atom. The highest BCUT2D eigenvalue weighted by Crippen LogP contribution is 2.22. The van der Waals surface area contributed by atoms with Crippen LogP contribution < -0.4 is 10.1 Å². The van der Waals surface area contributed by atoms with E-state index in [9.17, 15) is 9.90 Å². The molecule has 0 fully saturated rings. The van der Waals surface area contributed by atoms with Crippen LogP contribution in [0.4, 0.5) is 0 Å². The number of rotatable bonds is 6. The maximum absolute atomic E-state index is 12.3. The van der Waals surface area contributed by atoms with Crippen molar-refractivity contribution in [3.05, 3.63) is 29.8 Å². The lowest BCUT2D eigenvalue weighted by atomic mass is 9.86. The smallest absolute Gasteiger partial charge is 0.251 e. The minimum absolute atomic E-state index is 0.223. The topological polar surface area (TPSA) is 58.6 Å². The predicted octanol–water partition coefficient (Wildman–Crippen LogP) is 2.75. The second kappa shape index (κ2) is 6.27. The van der Waals surface area contributed by atoms with Gasteiger partial charge in [-0.3, -0.25) is 4.79 Å². The Kier molecular flexibility index (Phi) is 5.17. The van der Waals surface area contributed by atoms with Crippen LogP contribution in [0, 0.1) is 0 Å². The molecule has 0 aliphatic carbocycles. The van der Waals surface area contributed by atoms with E-state index in [1.165, 1.54) is 0 Å². The van der Waals surface area contributed by atoms with Crippen molar-refractivity contribution in [1.29, 1.82) is 0 Å². The minimum atomic E-state index is -1.01. The first kappa shape index (κ1) is 16.5. The Balaban J connectivity index is 2.83. The lowest BCUT2D eigenvalue weighted by Gasteiger charge is -2.38. The number of nitrogens with one attached hydrogen (secondary N) is 1. The largest absolute Gasteiger partial charge is 0.494 e. The van der Waals surface area contributed by atoms with Crippen molar-refractivity contribution in [2.75, 3.05) is 6.61 Å². The second-order valence-electron chi connectivity index (χ2n) is 6.01. The van der Waals surface area contributed by atoms with E-state index < -0.39 is 11.1 Å². The van der Waals surface area contributed by atoms with E-state index in [2.05, 4.69) is 5.32 Å². The van der Waals surface area contributed by atoms with Crippen molar-refractivity contribution in [2.24, 2.45) is 0 Å². The summed E-state index contributed by atoms with van der Waals surface area (Å²) in [6.07, 6.45) is 0.919. The van der Waals surface area contributed by atoms with Gasteiger partial charge in [-0.1, -0.05) is 13.0 Å². The molecule has 0 saturated heterocycles. The highest BCUT2D eigenvalue weighted by molar-refractivity contribution is 5.95. The molecule has 4 nitrogen and oxygen atoms in total. The fraction of sp³-hybridized carbons (Fsp3) is 0.562.